The van der Waals surface area contributed by atoms with Crippen molar-refractivity contribution in [3.05, 3.63) is 42.1 Å². The number of carbonyl (C=O) groups is 1. The molecule has 1 aromatic carbocycles. The third-order valence-corrected chi connectivity index (χ3v) is 1.30. The van der Waals surface area contributed by atoms with Crippen molar-refractivity contribution in [2.45, 2.75) is 0 Å². The second kappa shape index (κ2) is 4.11. The molecule has 0 spiro atoms. The molecule has 0 atom stereocenters. The monoisotopic (exact) mass is 161 g/mol. The molecule has 3 heteroatoms. The third-order valence-electron chi connectivity index (χ3n) is 1.30. The highest BCUT2D eigenvalue weighted by Gasteiger charge is 1.99. The summed E-state index contributed by atoms with van der Waals surface area (Å²) in [5.74, 6) is 1.15. The average Bonchev–Trinajstić information content (AvgIpc) is 2.15. The lowest BCUT2D eigenvalue weighted by molar-refractivity contribution is 0.0970. The summed E-state index contributed by atoms with van der Waals surface area (Å²) in [5, 5.41) is 2.26. The molecule has 12 heavy (non-hydrogen) atoms. The van der Waals surface area contributed by atoms with Gasteiger partial charge in [-0.15, -0.1) is 0 Å². The quantitative estimate of drug-likeness (QED) is 0.651. The van der Waals surface area contributed by atoms with Crippen LogP contribution in [0.2, 0.25) is 0 Å². The summed E-state index contributed by atoms with van der Waals surface area (Å²) >= 11 is 0. The van der Waals surface area contributed by atoms with Crippen molar-refractivity contribution in [2.75, 3.05) is 0 Å². The Balaban J connectivity index is 2.72. The summed E-state index contributed by atoms with van der Waals surface area (Å²) in [6.07, 6.45) is 0.940. The first-order valence-electron chi connectivity index (χ1n) is 3.40. The molecular weight excluding hydrogens is 154 g/mol. The molecule has 0 aromatic heterocycles. The van der Waals surface area contributed by atoms with E-state index in [4.69, 9.17) is 0 Å². The van der Waals surface area contributed by atoms with Crippen molar-refractivity contribution >= 4 is 11.8 Å². The van der Waals surface area contributed by atoms with Crippen LogP contribution in [0.4, 0.5) is 0 Å². The number of benzene rings is 1. The second-order valence-corrected chi connectivity index (χ2v) is 2.10. The average molecular weight is 161 g/mol. The molecule has 0 saturated heterocycles. The van der Waals surface area contributed by atoms with Gasteiger partial charge in [-0.25, -0.2) is 4.79 Å². The molecule has 0 aliphatic heterocycles. The van der Waals surface area contributed by atoms with Gasteiger partial charge in [-0.3, -0.25) is 4.79 Å². The molecule has 1 N–H and O–H groups in total. The summed E-state index contributed by atoms with van der Waals surface area (Å²) in [6.45, 7) is 0. The van der Waals surface area contributed by atoms with Gasteiger partial charge in [0, 0.05) is 5.56 Å². The largest absolute Gasteiger partial charge is 0.319 e. The molecule has 0 bridgehead atoms. The number of nitrogens with one attached hydrogen (secondary N) is 1. The van der Waals surface area contributed by atoms with Crippen LogP contribution >= 0.6 is 0 Å². The Morgan fingerprint density at radius 1 is 1.33 bits per heavy atom. The predicted octanol–water partition coefficient (Wildman–Crippen LogP) is 0.762. The lowest BCUT2D eigenvalue weighted by Crippen LogP contribution is -2.16. The summed E-state index contributed by atoms with van der Waals surface area (Å²) in [7, 11) is 0. The lowest BCUT2D eigenvalue weighted by Gasteiger charge is -1.96. The molecule has 1 aromatic rings. The lowest BCUT2D eigenvalue weighted by atomic mass is 10.2. The Morgan fingerprint density at radius 3 is 2.58 bits per heavy atom. The molecule has 1 rings (SSSR count). The number of carbonyl (C=O) groups excluding carboxylic acids is 2. The fourth-order valence-electron chi connectivity index (χ4n) is 0.768. The number of hydrogen-bond acceptors (Lipinski definition) is 2. The van der Waals surface area contributed by atoms with Gasteiger partial charge in [0.15, 0.2) is 0 Å². The third kappa shape index (κ3) is 2.08. The zero-order chi connectivity index (χ0) is 8.81. The van der Waals surface area contributed by atoms with Gasteiger partial charge in [0.25, 0.3) is 5.91 Å². The van der Waals surface area contributed by atoms with Crippen LogP contribution < -0.4 is 5.32 Å². The highest BCUT2D eigenvalue weighted by atomic mass is 16.1. The summed E-state index contributed by atoms with van der Waals surface area (Å²) in [6, 6.07) is 8.63. The Kier molecular flexibility index (Phi) is 2.82. The standard InChI is InChI=1S/C9H7NO2/c11-7-6-10-9(12)8-4-2-1-3-5-8/h1-6H,(H,10,12). The SMILES string of the molecule is O=C=CNC(=O)c1ccccc1. The Bertz CT molecular complexity index is 313. The molecule has 0 unspecified atom stereocenters. The molecule has 60 valence electrons. The van der Waals surface area contributed by atoms with Gasteiger partial charge in [0.05, 0.1) is 6.20 Å². The molecule has 0 heterocycles. The maximum atomic E-state index is 11.1. The molecular formula is C9H7NO2. The van der Waals surface area contributed by atoms with Crippen LogP contribution in [-0.4, -0.2) is 11.8 Å². The number of hydrogen-bond donors (Lipinski definition) is 1. The van der Waals surface area contributed by atoms with Crippen LogP contribution in [0.25, 0.3) is 0 Å². The van der Waals surface area contributed by atoms with E-state index in [0.29, 0.717) is 5.56 Å². The van der Waals surface area contributed by atoms with Gasteiger partial charge in [-0.2, -0.15) is 0 Å². The smallest absolute Gasteiger partial charge is 0.255 e. The molecule has 0 fully saturated rings. The highest BCUT2D eigenvalue weighted by Crippen LogP contribution is 1.96. The van der Waals surface area contributed by atoms with Crippen LogP contribution in [-0.2, 0) is 4.79 Å². The van der Waals surface area contributed by atoms with E-state index in [9.17, 15) is 9.59 Å². The van der Waals surface area contributed by atoms with E-state index in [-0.39, 0.29) is 5.91 Å². The van der Waals surface area contributed by atoms with Crippen molar-refractivity contribution in [1.29, 1.82) is 0 Å². The van der Waals surface area contributed by atoms with Crippen molar-refractivity contribution in [1.82, 2.24) is 5.32 Å². The fourth-order valence-corrected chi connectivity index (χ4v) is 0.768. The summed E-state index contributed by atoms with van der Waals surface area (Å²) < 4.78 is 0. The first-order valence-corrected chi connectivity index (χ1v) is 3.40. The Labute approximate surface area is 69.7 Å². The molecule has 0 radical (unpaired) electrons. The second-order valence-electron chi connectivity index (χ2n) is 2.10. The van der Waals surface area contributed by atoms with Crippen molar-refractivity contribution < 1.29 is 9.59 Å². The molecule has 0 saturated carbocycles. The molecule has 3 nitrogen and oxygen atoms in total. The van der Waals surface area contributed by atoms with Crippen LogP contribution in [0.1, 0.15) is 10.4 Å². The van der Waals surface area contributed by atoms with Gasteiger partial charge in [-0.05, 0) is 12.1 Å². The van der Waals surface area contributed by atoms with Crippen molar-refractivity contribution in [3.63, 3.8) is 0 Å². The van der Waals surface area contributed by atoms with E-state index in [1.807, 2.05) is 6.07 Å². The minimum atomic E-state index is -0.307. The Hall–Kier alpha value is -1.86. The van der Waals surface area contributed by atoms with Gasteiger partial charge in [0.2, 0.25) is 0 Å². The fraction of sp³-hybridized carbons (Fsp3) is 0. The zero-order valence-electron chi connectivity index (χ0n) is 6.28. The Morgan fingerprint density at radius 2 is 2.00 bits per heavy atom. The van der Waals surface area contributed by atoms with Crippen LogP contribution in [0.5, 0.6) is 0 Å². The predicted molar refractivity (Wildman–Crippen MR) is 44.2 cm³/mol. The topological polar surface area (TPSA) is 46.2 Å². The van der Waals surface area contributed by atoms with Gasteiger partial charge in [-0.1, -0.05) is 18.2 Å². The van der Waals surface area contributed by atoms with E-state index < -0.39 is 0 Å². The number of amides is 1. The molecule has 0 aliphatic carbocycles. The van der Waals surface area contributed by atoms with E-state index in [1.54, 1.807) is 24.3 Å². The first-order chi connectivity index (χ1) is 5.84. The maximum absolute atomic E-state index is 11.1. The normalized spacial score (nSPS) is 8.33. The van der Waals surface area contributed by atoms with E-state index in [2.05, 4.69) is 5.32 Å². The minimum Gasteiger partial charge on any atom is -0.319 e. The van der Waals surface area contributed by atoms with Crippen molar-refractivity contribution in [2.24, 2.45) is 0 Å². The minimum absolute atomic E-state index is 0.307. The van der Waals surface area contributed by atoms with Crippen LogP contribution in [0.3, 0.4) is 0 Å². The zero-order valence-corrected chi connectivity index (χ0v) is 6.28. The van der Waals surface area contributed by atoms with E-state index in [1.165, 1.54) is 5.94 Å². The summed E-state index contributed by atoms with van der Waals surface area (Å²) in [4.78, 5) is 20.8. The van der Waals surface area contributed by atoms with E-state index in [0.717, 1.165) is 6.20 Å². The van der Waals surface area contributed by atoms with Gasteiger partial charge < -0.3 is 5.32 Å². The van der Waals surface area contributed by atoms with Gasteiger partial charge in [0.1, 0.15) is 5.94 Å². The first kappa shape index (κ1) is 8.24. The summed E-state index contributed by atoms with van der Waals surface area (Å²) in [5.41, 5.74) is 0.518. The highest BCUT2D eigenvalue weighted by molar-refractivity contribution is 5.95. The number of rotatable bonds is 2. The van der Waals surface area contributed by atoms with Crippen LogP contribution in [0.15, 0.2) is 36.5 Å². The maximum Gasteiger partial charge on any atom is 0.255 e. The molecule has 0 aliphatic rings. The molecule has 1 amide bonds. The van der Waals surface area contributed by atoms with Crippen molar-refractivity contribution in [3.8, 4) is 0 Å². The van der Waals surface area contributed by atoms with Crippen LogP contribution in [0, 0.1) is 0 Å². The van der Waals surface area contributed by atoms with E-state index >= 15 is 0 Å². The van der Waals surface area contributed by atoms with Gasteiger partial charge >= 0.3 is 0 Å².